The van der Waals surface area contributed by atoms with E-state index in [1.165, 1.54) is 6.07 Å². The fourth-order valence-electron chi connectivity index (χ4n) is 1.30. The Balaban J connectivity index is 2.58. The minimum absolute atomic E-state index is 0.115. The molecule has 16 heavy (non-hydrogen) atoms. The molecule has 0 saturated heterocycles. The zero-order valence-electron chi connectivity index (χ0n) is 9.24. The van der Waals surface area contributed by atoms with Crippen molar-refractivity contribution in [1.29, 1.82) is 5.26 Å². The summed E-state index contributed by atoms with van der Waals surface area (Å²) < 4.78 is 13.0. The van der Waals surface area contributed by atoms with Crippen LogP contribution in [-0.4, -0.2) is 11.8 Å². The Bertz CT molecular complexity index is 387. The summed E-state index contributed by atoms with van der Waals surface area (Å²) in [5.74, 6) is 0.335. The van der Waals surface area contributed by atoms with Crippen molar-refractivity contribution in [2.45, 2.75) is 24.3 Å². The summed E-state index contributed by atoms with van der Waals surface area (Å²) in [5, 5.41) is 9.18. The van der Waals surface area contributed by atoms with E-state index in [0.717, 1.165) is 17.7 Å². The van der Waals surface area contributed by atoms with E-state index in [2.05, 4.69) is 6.92 Å². The van der Waals surface area contributed by atoms with Gasteiger partial charge < -0.3 is 5.73 Å². The summed E-state index contributed by atoms with van der Waals surface area (Å²) in [6.45, 7) is 2.80. The van der Waals surface area contributed by atoms with Gasteiger partial charge in [-0.3, -0.25) is 0 Å². The average molecular weight is 238 g/mol. The topological polar surface area (TPSA) is 49.8 Å². The molecule has 1 unspecified atom stereocenters. The van der Waals surface area contributed by atoms with Crippen LogP contribution in [0, 0.1) is 17.1 Å². The number of nitrogens with zero attached hydrogens (tertiary/aromatic N) is 1. The second-order valence-electron chi connectivity index (χ2n) is 3.62. The molecule has 1 rings (SSSR count). The van der Waals surface area contributed by atoms with Crippen LogP contribution < -0.4 is 5.73 Å². The van der Waals surface area contributed by atoms with Crippen molar-refractivity contribution >= 4 is 11.8 Å². The fourth-order valence-corrected chi connectivity index (χ4v) is 2.26. The van der Waals surface area contributed by atoms with Gasteiger partial charge in [0.2, 0.25) is 0 Å². The van der Waals surface area contributed by atoms with Gasteiger partial charge in [0, 0.05) is 11.0 Å². The summed E-state index contributed by atoms with van der Waals surface area (Å²) in [7, 11) is 0. The number of nitrogens with two attached hydrogens (primary N) is 1. The van der Waals surface area contributed by atoms with Gasteiger partial charge in [0.15, 0.2) is 0 Å². The van der Waals surface area contributed by atoms with Crippen LogP contribution in [0.3, 0.4) is 0 Å². The Morgan fingerprint density at radius 1 is 1.56 bits per heavy atom. The maximum atomic E-state index is 13.0. The first-order chi connectivity index (χ1) is 7.67. The van der Waals surface area contributed by atoms with Gasteiger partial charge in [-0.05, 0) is 30.7 Å². The number of halogens is 1. The molecule has 0 aliphatic rings. The highest BCUT2D eigenvalue weighted by molar-refractivity contribution is 7.99. The summed E-state index contributed by atoms with van der Waals surface area (Å²) in [6.07, 6.45) is 0.969. The Kier molecular flexibility index (Phi) is 5.30. The number of rotatable bonds is 5. The van der Waals surface area contributed by atoms with Crippen molar-refractivity contribution in [3.8, 4) is 6.07 Å². The maximum Gasteiger partial charge on any atom is 0.140 e. The van der Waals surface area contributed by atoms with E-state index in [-0.39, 0.29) is 5.56 Å². The minimum Gasteiger partial charge on any atom is -0.330 e. The van der Waals surface area contributed by atoms with Gasteiger partial charge >= 0.3 is 0 Å². The Labute approximate surface area is 99.6 Å². The smallest absolute Gasteiger partial charge is 0.140 e. The lowest BCUT2D eigenvalue weighted by Gasteiger charge is -2.09. The fraction of sp³-hybridized carbons (Fsp3) is 0.417. The van der Waals surface area contributed by atoms with E-state index in [1.54, 1.807) is 23.9 Å². The first-order valence-corrected chi connectivity index (χ1v) is 6.22. The minimum atomic E-state index is -0.453. The molecule has 0 aliphatic heterocycles. The molecule has 0 bridgehead atoms. The van der Waals surface area contributed by atoms with Crippen molar-refractivity contribution < 1.29 is 4.39 Å². The van der Waals surface area contributed by atoms with Crippen molar-refractivity contribution in [1.82, 2.24) is 0 Å². The van der Waals surface area contributed by atoms with E-state index in [1.807, 2.05) is 6.07 Å². The standard InChI is InChI=1S/C12H15FN2S/c1-9(4-5-14)16-8-10-2-3-12(13)11(6-10)7-15/h2-3,6,9H,4-5,8,14H2,1H3. The van der Waals surface area contributed by atoms with Crippen molar-refractivity contribution in [2.24, 2.45) is 5.73 Å². The van der Waals surface area contributed by atoms with Crippen LogP contribution >= 0.6 is 11.8 Å². The molecule has 0 aliphatic carbocycles. The van der Waals surface area contributed by atoms with Gasteiger partial charge in [-0.25, -0.2) is 4.39 Å². The lowest BCUT2D eigenvalue weighted by Crippen LogP contribution is -2.07. The highest BCUT2D eigenvalue weighted by Gasteiger charge is 2.05. The zero-order chi connectivity index (χ0) is 12.0. The molecule has 1 aromatic carbocycles. The SMILES string of the molecule is CC(CCN)SCc1ccc(F)c(C#N)c1. The summed E-state index contributed by atoms with van der Waals surface area (Å²) >= 11 is 1.77. The van der Waals surface area contributed by atoms with Crippen LogP contribution in [0.15, 0.2) is 18.2 Å². The summed E-state index contributed by atoms with van der Waals surface area (Å²) in [6, 6.07) is 6.52. The van der Waals surface area contributed by atoms with Gasteiger partial charge in [0.25, 0.3) is 0 Å². The molecule has 0 spiro atoms. The van der Waals surface area contributed by atoms with E-state index in [0.29, 0.717) is 11.8 Å². The van der Waals surface area contributed by atoms with E-state index >= 15 is 0 Å². The molecule has 0 radical (unpaired) electrons. The van der Waals surface area contributed by atoms with E-state index < -0.39 is 5.82 Å². The zero-order valence-corrected chi connectivity index (χ0v) is 10.1. The molecule has 86 valence electrons. The van der Waals surface area contributed by atoms with Gasteiger partial charge in [-0.2, -0.15) is 17.0 Å². The molecule has 0 saturated carbocycles. The number of thioether (sulfide) groups is 1. The molecule has 2 N–H and O–H groups in total. The van der Waals surface area contributed by atoms with Gasteiger partial charge in [0.1, 0.15) is 11.9 Å². The van der Waals surface area contributed by atoms with Crippen LogP contribution in [-0.2, 0) is 5.75 Å². The molecule has 1 atom stereocenters. The molecule has 1 aromatic rings. The van der Waals surface area contributed by atoms with E-state index in [9.17, 15) is 4.39 Å². The lowest BCUT2D eigenvalue weighted by atomic mass is 10.1. The Morgan fingerprint density at radius 2 is 2.31 bits per heavy atom. The van der Waals surface area contributed by atoms with Crippen molar-refractivity contribution in [2.75, 3.05) is 6.54 Å². The molecule has 0 aromatic heterocycles. The lowest BCUT2D eigenvalue weighted by molar-refractivity contribution is 0.623. The number of nitriles is 1. The van der Waals surface area contributed by atoms with Crippen LogP contribution in [0.2, 0.25) is 0 Å². The molecule has 0 amide bonds. The molecule has 0 heterocycles. The predicted octanol–water partition coefficient (Wildman–Crippen LogP) is 2.67. The second-order valence-corrected chi connectivity index (χ2v) is 5.05. The van der Waals surface area contributed by atoms with Gasteiger partial charge in [-0.1, -0.05) is 13.0 Å². The average Bonchev–Trinajstić information content (AvgIpc) is 2.28. The Morgan fingerprint density at radius 3 is 2.94 bits per heavy atom. The predicted molar refractivity (Wildman–Crippen MR) is 65.5 cm³/mol. The van der Waals surface area contributed by atoms with Crippen molar-refractivity contribution in [3.63, 3.8) is 0 Å². The molecule has 4 heteroatoms. The van der Waals surface area contributed by atoms with Crippen LogP contribution in [0.5, 0.6) is 0 Å². The van der Waals surface area contributed by atoms with Crippen molar-refractivity contribution in [3.05, 3.63) is 35.1 Å². The number of benzene rings is 1. The third kappa shape index (κ3) is 3.84. The quantitative estimate of drug-likeness (QED) is 0.858. The third-order valence-electron chi connectivity index (χ3n) is 2.26. The summed E-state index contributed by atoms with van der Waals surface area (Å²) in [5.41, 5.74) is 6.55. The Hall–Kier alpha value is -1.05. The first kappa shape index (κ1) is 13.0. The van der Waals surface area contributed by atoms with Gasteiger partial charge in [-0.15, -0.1) is 0 Å². The van der Waals surface area contributed by atoms with E-state index in [4.69, 9.17) is 11.0 Å². The maximum absolute atomic E-state index is 13.0. The monoisotopic (exact) mass is 238 g/mol. The normalized spacial score (nSPS) is 12.1. The largest absolute Gasteiger partial charge is 0.330 e. The molecular weight excluding hydrogens is 223 g/mol. The highest BCUT2D eigenvalue weighted by atomic mass is 32.2. The van der Waals surface area contributed by atoms with Crippen LogP contribution in [0.1, 0.15) is 24.5 Å². The van der Waals surface area contributed by atoms with Crippen LogP contribution in [0.25, 0.3) is 0 Å². The molecule has 2 nitrogen and oxygen atoms in total. The molecule has 0 fully saturated rings. The van der Waals surface area contributed by atoms with Crippen LogP contribution in [0.4, 0.5) is 4.39 Å². The number of hydrogen-bond donors (Lipinski definition) is 1. The van der Waals surface area contributed by atoms with Gasteiger partial charge in [0.05, 0.1) is 5.56 Å². The second kappa shape index (κ2) is 6.51. The third-order valence-corrected chi connectivity index (χ3v) is 3.56. The first-order valence-electron chi connectivity index (χ1n) is 5.17. The highest BCUT2D eigenvalue weighted by Crippen LogP contribution is 2.20. The number of hydrogen-bond acceptors (Lipinski definition) is 3. The summed E-state index contributed by atoms with van der Waals surface area (Å²) in [4.78, 5) is 0. The molecular formula is C12H15FN2S.